The molecule has 1 amide bonds. The van der Waals surface area contributed by atoms with Crippen LogP contribution in [0.25, 0.3) is 5.69 Å². The third kappa shape index (κ3) is 3.54. The molecule has 3 rings (SSSR count). The number of nitrogens with one attached hydrogen (secondary N) is 1. The van der Waals surface area contributed by atoms with Crippen LogP contribution in [0, 0.1) is 25.7 Å². The molecule has 2 aromatic rings. The molecule has 0 saturated carbocycles. The van der Waals surface area contributed by atoms with Gasteiger partial charge in [0, 0.05) is 17.8 Å². The van der Waals surface area contributed by atoms with Crippen molar-refractivity contribution in [2.45, 2.75) is 33.2 Å². The lowest BCUT2D eigenvalue weighted by Gasteiger charge is -2.24. The van der Waals surface area contributed by atoms with Gasteiger partial charge in [0.05, 0.1) is 23.2 Å². The number of aromatic nitrogens is 2. The molecule has 26 heavy (non-hydrogen) atoms. The Kier molecular flexibility index (Phi) is 5.21. The number of hydrogen-bond donors (Lipinski definition) is 2. The van der Waals surface area contributed by atoms with Crippen molar-refractivity contribution in [3.63, 3.8) is 0 Å². The van der Waals surface area contributed by atoms with Gasteiger partial charge < -0.3 is 10.4 Å². The van der Waals surface area contributed by atoms with Gasteiger partial charge in [-0.25, -0.2) is 4.68 Å². The molecule has 6 heteroatoms. The molecular formula is C20H23N3O3. The normalized spacial score (nSPS) is 19.3. The number of amides is 1. The van der Waals surface area contributed by atoms with Gasteiger partial charge in [0.2, 0.25) is 5.91 Å². The van der Waals surface area contributed by atoms with E-state index < -0.39 is 17.8 Å². The second-order valence-electron chi connectivity index (χ2n) is 6.61. The number of aliphatic carboxylic acids is 1. The highest BCUT2D eigenvalue weighted by Crippen LogP contribution is 2.26. The van der Waals surface area contributed by atoms with E-state index in [0.29, 0.717) is 19.4 Å². The number of hydrogen-bond acceptors (Lipinski definition) is 3. The van der Waals surface area contributed by atoms with Crippen LogP contribution in [0.2, 0.25) is 0 Å². The fourth-order valence-electron chi connectivity index (χ4n) is 3.43. The number of carboxylic acid groups (broad SMARTS) is 1. The summed E-state index contributed by atoms with van der Waals surface area (Å²) in [6.07, 6.45) is 4.58. The lowest BCUT2D eigenvalue weighted by molar-refractivity contribution is -0.147. The molecule has 136 valence electrons. The largest absolute Gasteiger partial charge is 0.481 e. The Labute approximate surface area is 152 Å². The summed E-state index contributed by atoms with van der Waals surface area (Å²) in [6.45, 7) is 4.23. The first-order valence-electron chi connectivity index (χ1n) is 8.75. The van der Waals surface area contributed by atoms with Crippen molar-refractivity contribution in [1.82, 2.24) is 15.1 Å². The summed E-state index contributed by atoms with van der Waals surface area (Å²) in [5, 5.41) is 16.8. The van der Waals surface area contributed by atoms with Crippen LogP contribution in [-0.4, -0.2) is 26.8 Å². The molecule has 1 heterocycles. The van der Waals surface area contributed by atoms with Crippen LogP contribution in [0.4, 0.5) is 0 Å². The molecule has 0 aliphatic heterocycles. The molecule has 2 atom stereocenters. The topological polar surface area (TPSA) is 84.2 Å². The number of nitrogens with zero attached hydrogens (tertiary/aromatic N) is 2. The predicted octanol–water partition coefficient (Wildman–Crippen LogP) is 2.77. The predicted molar refractivity (Wildman–Crippen MR) is 97.9 cm³/mol. The van der Waals surface area contributed by atoms with E-state index in [2.05, 4.69) is 10.4 Å². The molecule has 1 aromatic carbocycles. The number of carbonyl (C=O) groups is 2. The first-order valence-corrected chi connectivity index (χ1v) is 8.75. The van der Waals surface area contributed by atoms with Crippen molar-refractivity contribution in [2.24, 2.45) is 11.8 Å². The molecule has 1 aliphatic carbocycles. The standard InChI is InChI=1S/C20H23N3O3/c1-13-18(14(2)23(22-13)15-8-4-3-5-9-15)12-21-19(24)16-10-6-7-11-17(16)20(25)26/h3-9,16-17H,10-12H2,1-2H3,(H,21,24)(H,25,26). The summed E-state index contributed by atoms with van der Waals surface area (Å²) >= 11 is 0. The number of aryl methyl sites for hydroxylation is 1. The summed E-state index contributed by atoms with van der Waals surface area (Å²) in [5.74, 6) is -2.32. The smallest absolute Gasteiger partial charge is 0.307 e. The number of rotatable bonds is 5. The fraction of sp³-hybridized carbons (Fsp3) is 0.350. The van der Waals surface area contributed by atoms with Crippen molar-refractivity contribution >= 4 is 11.9 Å². The third-order valence-electron chi connectivity index (χ3n) is 4.97. The molecule has 0 fully saturated rings. The van der Waals surface area contributed by atoms with Crippen LogP contribution in [0.5, 0.6) is 0 Å². The summed E-state index contributed by atoms with van der Waals surface area (Å²) < 4.78 is 1.86. The zero-order valence-electron chi connectivity index (χ0n) is 15.0. The van der Waals surface area contributed by atoms with Crippen molar-refractivity contribution in [3.05, 3.63) is 59.4 Å². The van der Waals surface area contributed by atoms with Crippen molar-refractivity contribution in [1.29, 1.82) is 0 Å². The van der Waals surface area contributed by atoms with E-state index in [1.165, 1.54) is 0 Å². The van der Waals surface area contributed by atoms with E-state index in [1.807, 2.05) is 61.0 Å². The third-order valence-corrected chi connectivity index (χ3v) is 4.97. The first-order chi connectivity index (χ1) is 12.5. The summed E-state index contributed by atoms with van der Waals surface area (Å²) in [5.41, 5.74) is 3.74. The van der Waals surface area contributed by atoms with Crippen LogP contribution >= 0.6 is 0 Å². The van der Waals surface area contributed by atoms with E-state index in [1.54, 1.807) is 0 Å². The van der Waals surface area contributed by atoms with Gasteiger partial charge in [0.15, 0.2) is 0 Å². The summed E-state index contributed by atoms with van der Waals surface area (Å²) in [4.78, 5) is 23.9. The van der Waals surface area contributed by atoms with Gasteiger partial charge in [0.25, 0.3) is 0 Å². The van der Waals surface area contributed by atoms with Crippen molar-refractivity contribution in [3.8, 4) is 5.69 Å². The fourth-order valence-corrected chi connectivity index (χ4v) is 3.43. The van der Waals surface area contributed by atoms with Gasteiger partial charge in [-0.15, -0.1) is 0 Å². The Hall–Kier alpha value is -2.89. The van der Waals surface area contributed by atoms with E-state index in [0.717, 1.165) is 22.6 Å². The van der Waals surface area contributed by atoms with E-state index >= 15 is 0 Å². The minimum atomic E-state index is -0.918. The maximum absolute atomic E-state index is 12.6. The molecule has 2 unspecified atom stereocenters. The monoisotopic (exact) mass is 353 g/mol. The molecule has 6 nitrogen and oxygen atoms in total. The van der Waals surface area contributed by atoms with Gasteiger partial charge in [0.1, 0.15) is 0 Å². The SMILES string of the molecule is Cc1nn(-c2ccccc2)c(C)c1CNC(=O)C1CC=CCC1C(=O)O. The van der Waals surface area contributed by atoms with Crippen LogP contribution in [-0.2, 0) is 16.1 Å². The zero-order valence-corrected chi connectivity index (χ0v) is 15.0. The van der Waals surface area contributed by atoms with Crippen LogP contribution in [0.15, 0.2) is 42.5 Å². The molecule has 1 aliphatic rings. The Morgan fingerprint density at radius 2 is 1.81 bits per heavy atom. The first kappa shape index (κ1) is 17.9. The van der Waals surface area contributed by atoms with Gasteiger partial charge in [-0.05, 0) is 38.8 Å². The average molecular weight is 353 g/mol. The van der Waals surface area contributed by atoms with E-state index in [4.69, 9.17) is 0 Å². The van der Waals surface area contributed by atoms with Crippen LogP contribution in [0.1, 0.15) is 29.8 Å². The highest BCUT2D eigenvalue weighted by molar-refractivity contribution is 5.85. The Morgan fingerprint density at radius 1 is 1.15 bits per heavy atom. The second kappa shape index (κ2) is 7.56. The Morgan fingerprint density at radius 3 is 2.46 bits per heavy atom. The highest BCUT2D eigenvalue weighted by atomic mass is 16.4. The van der Waals surface area contributed by atoms with Crippen molar-refractivity contribution in [2.75, 3.05) is 0 Å². The van der Waals surface area contributed by atoms with Gasteiger partial charge in [-0.1, -0.05) is 30.4 Å². The highest BCUT2D eigenvalue weighted by Gasteiger charge is 2.33. The lowest BCUT2D eigenvalue weighted by Crippen LogP contribution is -2.38. The molecule has 1 aromatic heterocycles. The van der Waals surface area contributed by atoms with Crippen molar-refractivity contribution < 1.29 is 14.7 Å². The van der Waals surface area contributed by atoms with Gasteiger partial charge in [-0.2, -0.15) is 5.10 Å². The average Bonchev–Trinajstić information content (AvgIpc) is 2.94. The summed E-state index contributed by atoms with van der Waals surface area (Å²) in [7, 11) is 0. The summed E-state index contributed by atoms with van der Waals surface area (Å²) in [6, 6.07) is 9.82. The van der Waals surface area contributed by atoms with Gasteiger partial charge in [-0.3, -0.25) is 9.59 Å². The number of allylic oxidation sites excluding steroid dienone is 2. The Balaban J connectivity index is 1.74. The molecule has 0 spiro atoms. The minimum absolute atomic E-state index is 0.215. The lowest BCUT2D eigenvalue weighted by atomic mass is 9.82. The molecular weight excluding hydrogens is 330 g/mol. The second-order valence-corrected chi connectivity index (χ2v) is 6.61. The van der Waals surface area contributed by atoms with E-state index in [9.17, 15) is 14.7 Å². The molecule has 0 bridgehead atoms. The zero-order chi connectivity index (χ0) is 18.7. The molecule has 2 N–H and O–H groups in total. The molecule has 0 radical (unpaired) electrons. The van der Waals surface area contributed by atoms with Crippen LogP contribution in [0.3, 0.4) is 0 Å². The maximum atomic E-state index is 12.6. The number of carboxylic acids is 1. The minimum Gasteiger partial charge on any atom is -0.481 e. The number of para-hydroxylation sites is 1. The quantitative estimate of drug-likeness (QED) is 0.810. The number of carbonyl (C=O) groups excluding carboxylic acids is 1. The maximum Gasteiger partial charge on any atom is 0.307 e. The van der Waals surface area contributed by atoms with Gasteiger partial charge >= 0.3 is 5.97 Å². The number of benzene rings is 1. The molecule has 0 saturated heterocycles. The Bertz CT molecular complexity index is 839. The van der Waals surface area contributed by atoms with E-state index in [-0.39, 0.29) is 5.91 Å². The van der Waals surface area contributed by atoms with Crippen LogP contribution < -0.4 is 5.32 Å².